The zero-order valence-corrected chi connectivity index (χ0v) is 12.7. The number of halogens is 1. The molecule has 102 valence electrons. The molecule has 0 saturated carbocycles. The number of rotatable bonds is 6. The Kier molecular flexibility index (Phi) is 5.83. The monoisotopic (exact) mass is 322 g/mol. The van der Waals surface area contributed by atoms with Crippen LogP contribution in [0.4, 0.5) is 11.4 Å². The van der Waals surface area contributed by atoms with Crippen molar-refractivity contribution in [2.45, 2.75) is 19.8 Å². The summed E-state index contributed by atoms with van der Waals surface area (Å²) in [5.41, 5.74) is 8.12. The molecule has 0 unspecified atom stereocenters. The van der Waals surface area contributed by atoms with Gasteiger partial charge in [0.05, 0.1) is 11.4 Å². The second-order valence-corrected chi connectivity index (χ2v) is 5.33. The third-order valence-electron chi connectivity index (χ3n) is 2.88. The minimum atomic E-state index is -0.159. The van der Waals surface area contributed by atoms with Crippen LogP contribution < -0.4 is 11.1 Å². The zero-order chi connectivity index (χ0) is 14.4. The Bertz CT molecular complexity index is 487. The lowest BCUT2D eigenvalue weighted by Crippen LogP contribution is -2.22. The third-order valence-corrected chi connectivity index (χ3v) is 3.34. The summed E-state index contributed by atoms with van der Waals surface area (Å²) in [5, 5.41) is 2.87. The van der Waals surface area contributed by atoms with E-state index in [0.29, 0.717) is 24.2 Å². The summed E-state index contributed by atoms with van der Waals surface area (Å²) in [6.07, 6.45) is 4.71. The number of nitrogens with two attached hydrogens (primary N) is 1. The number of hydrogen-bond acceptors (Lipinski definition) is 2. The molecule has 0 bridgehead atoms. The van der Waals surface area contributed by atoms with Crippen LogP contribution in [0.5, 0.6) is 0 Å². The van der Waals surface area contributed by atoms with Crippen molar-refractivity contribution in [3.05, 3.63) is 47.5 Å². The molecule has 3 N–H and O–H groups in total. The van der Waals surface area contributed by atoms with Gasteiger partial charge in [-0.3, -0.25) is 4.79 Å². The quantitative estimate of drug-likeness (QED) is 0.613. The largest absolute Gasteiger partial charge is 0.397 e. The van der Waals surface area contributed by atoms with Crippen LogP contribution in [-0.4, -0.2) is 5.91 Å². The van der Waals surface area contributed by atoms with Crippen LogP contribution in [0.25, 0.3) is 0 Å². The predicted octanol–water partition coefficient (Wildman–Crippen LogP) is 4.05. The van der Waals surface area contributed by atoms with Crippen molar-refractivity contribution in [3.8, 4) is 0 Å². The van der Waals surface area contributed by atoms with Gasteiger partial charge in [0.2, 0.25) is 5.91 Å². The van der Waals surface area contributed by atoms with Crippen molar-refractivity contribution in [1.82, 2.24) is 0 Å². The van der Waals surface area contributed by atoms with E-state index >= 15 is 0 Å². The topological polar surface area (TPSA) is 55.1 Å². The Labute approximate surface area is 122 Å². The van der Waals surface area contributed by atoms with Crippen molar-refractivity contribution >= 4 is 33.2 Å². The highest BCUT2D eigenvalue weighted by Gasteiger charge is 2.17. The number of amides is 1. The maximum absolute atomic E-state index is 12.2. The standard InChI is InChI=1S/C15H19BrN2O/c1-4-6-11(7-5-2)15(19)18-13-9-12(16)8-10(3)14(13)17/h4-5,8-9,11H,1-2,6-7,17H2,3H3,(H,18,19). The maximum Gasteiger partial charge on any atom is 0.228 e. The Morgan fingerprint density at radius 3 is 2.53 bits per heavy atom. The fourth-order valence-electron chi connectivity index (χ4n) is 1.81. The van der Waals surface area contributed by atoms with E-state index in [4.69, 9.17) is 5.73 Å². The van der Waals surface area contributed by atoms with Crippen LogP contribution >= 0.6 is 15.9 Å². The summed E-state index contributed by atoms with van der Waals surface area (Å²) >= 11 is 3.40. The number of aryl methyl sites for hydroxylation is 1. The minimum Gasteiger partial charge on any atom is -0.397 e. The average molecular weight is 323 g/mol. The fourth-order valence-corrected chi connectivity index (χ4v) is 2.38. The van der Waals surface area contributed by atoms with Crippen molar-refractivity contribution in [3.63, 3.8) is 0 Å². The molecule has 3 nitrogen and oxygen atoms in total. The lowest BCUT2D eigenvalue weighted by atomic mass is 10.00. The number of nitrogens with one attached hydrogen (secondary N) is 1. The van der Waals surface area contributed by atoms with E-state index in [1.807, 2.05) is 13.0 Å². The summed E-state index contributed by atoms with van der Waals surface area (Å²) in [4.78, 5) is 12.2. The van der Waals surface area contributed by atoms with E-state index in [9.17, 15) is 4.79 Å². The van der Waals surface area contributed by atoms with Crippen molar-refractivity contribution in [1.29, 1.82) is 0 Å². The van der Waals surface area contributed by atoms with E-state index in [1.165, 1.54) is 0 Å². The summed E-state index contributed by atoms with van der Waals surface area (Å²) < 4.78 is 0.887. The van der Waals surface area contributed by atoms with E-state index < -0.39 is 0 Å². The van der Waals surface area contributed by atoms with Gasteiger partial charge >= 0.3 is 0 Å². The second-order valence-electron chi connectivity index (χ2n) is 4.42. The van der Waals surface area contributed by atoms with Gasteiger partial charge in [0, 0.05) is 10.4 Å². The van der Waals surface area contributed by atoms with Gasteiger partial charge < -0.3 is 11.1 Å². The summed E-state index contributed by atoms with van der Waals surface area (Å²) in [7, 11) is 0. The molecule has 0 spiro atoms. The molecule has 19 heavy (non-hydrogen) atoms. The van der Waals surface area contributed by atoms with E-state index in [-0.39, 0.29) is 11.8 Å². The number of anilines is 2. The third kappa shape index (κ3) is 4.24. The van der Waals surface area contributed by atoms with Gasteiger partial charge in [-0.05, 0) is 37.5 Å². The van der Waals surface area contributed by atoms with E-state index in [2.05, 4.69) is 34.4 Å². The Balaban J connectivity index is 2.91. The van der Waals surface area contributed by atoms with Crippen LogP contribution in [0, 0.1) is 12.8 Å². The van der Waals surface area contributed by atoms with Crippen molar-refractivity contribution in [2.75, 3.05) is 11.1 Å². The number of benzene rings is 1. The van der Waals surface area contributed by atoms with Gasteiger partial charge in [-0.2, -0.15) is 0 Å². The van der Waals surface area contributed by atoms with Crippen LogP contribution in [-0.2, 0) is 4.79 Å². The molecule has 1 aromatic carbocycles. The summed E-state index contributed by atoms with van der Waals surface area (Å²) in [6.45, 7) is 9.25. The first-order valence-electron chi connectivity index (χ1n) is 6.07. The molecule has 0 aliphatic carbocycles. The average Bonchev–Trinajstić information content (AvgIpc) is 2.35. The maximum atomic E-state index is 12.2. The molecule has 0 fully saturated rings. The molecule has 0 aromatic heterocycles. The molecule has 1 rings (SSSR count). The number of carbonyl (C=O) groups excluding carboxylic acids is 1. The molecular weight excluding hydrogens is 304 g/mol. The number of carbonyl (C=O) groups is 1. The molecule has 4 heteroatoms. The van der Waals surface area contributed by atoms with Crippen molar-refractivity contribution in [2.24, 2.45) is 5.92 Å². The van der Waals surface area contributed by atoms with Crippen molar-refractivity contribution < 1.29 is 4.79 Å². The Hall–Kier alpha value is -1.55. The van der Waals surface area contributed by atoms with Crippen LogP contribution in [0.1, 0.15) is 18.4 Å². The first-order chi connectivity index (χ1) is 8.99. The van der Waals surface area contributed by atoms with Gasteiger partial charge in [-0.1, -0.05) is 28.1 Å². The minimum absolute atomic E-state index is 0.0657. The summed E-state index contributed by atoms with van der Waals surface area (Å²) in [6, 6.07) is 3.72. The van der Waals surface area contributed by atoms with E-state index in [0.717, 1.165) is 10.0 Å². The first kappa shape index (κ1) is 15.5. The lowest BCUT2D eigenvalue weighted by Gasteiger charge is -2.16. The molecule has 0 aliphatic rings. The first-order valence-corrected chi connectivity index (χ1v) is 6.87. The molecule has 0 atom stereocenters. The smallest absolute Gasteiger partial charge is 0.228 e. The van der Waals surface area contributed by atoms with Gasteiger partial charge in [0.1, 0.15) is 0 Å². The highest BCUT2D eigenvalue weighted by molar-refractivity contribution is 9.10. The SMILES string of the molecule is C=CCC(CC=C)C(=O)Nc1cc(Br)cc(C)c1N. The van der Waals surface area contributed by atoms with Gasteiger partial charge in [-0.15, -0.1) is 13.2 Å². The van der Waals surface area contributed by atoms with Gasteiger partial charge in [-0.25, -0.2) is 0 Å². The van der Waals surface area contributed by atoms with Gasteiger partial charge in [0.25, 0.3) is 0 Å². The summed E-state index contributed by atoms with van der Waals surface area (Å²) in [5.74, 6) is -0.224. The normalized spacial score (nSPS) is 10.3. The molecule has 0 aliphatic heterocycles. The number of nitrogen functional groups attached to an aromatic ring is 1. The molecular formula is C15H19BrN2O. The number of hydrogen-bond donors (Lipinski definition) is 2. The second kappa shape index (κ2) is 7.14. The highest BCUT2D eigenvalue weighted by atomic mass is 79.9. The van der Waals surface area contributed by atoms with Crippen LogP contribution in [0.15, 0.2) is 41.9 Å². The van der Waals surface area contributed by atoms with E-state index in [1.54, 1.807) is 18.2 Å². The molecule has 0 saturated heterocycles. The number of allylic oxidation sites excluding steroid dienone is 2. The van der Waals surface area contributed by atoms with Crippen LogP contribution in [0.3, 0.4) is 0 Å². The fraction of sp³-hybridized carbons (Fsp3) is 0.267. The molecule has 1 amide bonds. The Morgan fingerprint density at radius 1 is 1.42 bits per heavy atom. The van der Waals surface area contributed by atoms with Gasteiger partial charge in [0.15, 0.2) is 0 Å². The lowest BCUT2D eigenvalue weighted by molar-refractivity contribution is -0.119. The van der Waals surface area contributed by atoms with Crippen LogP contribution in [0.2, 0.25) is 0 Å². The molecule has 0 radical (unpaired) electrons. The molecule has 1 aromatic rings. The predicted molar refractivity (Wildman–Crippen MR) is 85.0 cm³/mol. The zero-order valence-electron chi connectivity index (χ0n) is 11.1. The highest BCUT2D eigenvalue weighted by Crippen LogP contribution is 2.28. The molecule has 0 heterocycles. The Morgan fingerprint density at radius 2 is 2.00 bits per heavy atom.